The van der Waals surface area contributed by atoms with Gasteiger partial charge in [-0.25, -0.2) is 0 Å². The molecule has 2 rings (SSSR count). The van der Waals surface area contributed by atoms with Crippen LogP contribution in [0.2, 0.25) is 10.0 Å². The number of carbonyl (C=O) groups is 2. The van der Waals surface area contributed by atoms with Gasteiger partial charge in [0, 0.05) is 10.6 Å². The van der Waals surface area contributed by atoms with Crippen molar-refractivity contribution in [3.05, 3.63) is 63.6 Å². The quantitative estimate of drug-likeness (QED) is 0.358. The minimum Gasteiger partial charge on any atom is -0.494 e. The number of hydrogen-bond acceptors (Lipinski definition) is 4. The standard InChI is InChI=1S/C19H19Cl2N3O3S/c1-2-3-10-27-14-7-4-12(5-8-14)17(25)22-19(28)24-23-18(26)15-9-6-13(20)11-16(15)21/h4-9,11H,2-3,10H2,1H3,(H,23,26)(H2,22,24,25,28). The number of rotatable bonds is 6. The molecule has 9 heteroatoms. The number of halogens is 2. The minimum absolute atomic E-state index is 0.0632. The van der Waals surface area contributed by atoms with Gasteiger partial charge >= 0.3 is 0 Å². The highest BCUT2D eigenvalue weighted by Crippen LogP contribution is 2.20. The average Bonchev–Trinajstić information content (AvgIpc) is 2.67. The van der Waals surface area contributed by atoms with Crippen LogP contribution >= 0.6 is 35.4 Å². The Labute approximate surface area is 178 Å². The molecule has 0 bridgehead atoms. The molecule has 148 valence electrons. The molecule has 0 aliphatic heterocycles. The van der Waals surface area contributed by atoms with E-state index in [4.69, 9.17) is 40.2 Å². The van der Waals surface area contributed by atoms with Crippen molar-refractivity contribution < 1.29 is 14.3 Å². The molecule has 0 heterocycles. The summed E-state index contributed by atoms with van der Waals surface area (Å²) >= 11 is 16.8. The Bertz CT molecular complexity index is 860. The predicted molar refractivity (Wildman–Crippen MR) is 114 cm³/mol. The number of amides is 2. The molecule has 0 fully saturated rings. The Morgan fingerprint density at radius 2 is 1.75 bits per heavy atom. The molecule has 0 atom stereocenters. The normalized spacial score (nSPS) is 10.1. The molecule has 0 aromatic heterocycles. The maximum Gasteiger partial charge on any atom is 0.271 e. The summed E-state index contributed by atoms with van der Waals surface area (Å²) in [5, 5.41) is 3.02. The van der Waals surface area contributed by atoms with E-state index in [1.54, 1.807) is 24.3 Å². The van der Waals surface area contributed by atoms with Crippen molar-refractivity contribution in [1.82, 2.24) is 16.2 Å². The summed E-state index contributed by atoms with van der Waals surface area (Å²) < 4.78 is 5.55. The summed E-state index contributed by atoms with van der Waals surface area (Å²) in [6.45, 7) is 2.72. The lowest BCUT2D eigenvalue weighted by Gasteiger charge is -2.12. The van der Waals surface area contributed by atoms with Crippen LogP contribution in [0, 0.1) is 0 Å². The highest BCUT2D eigenvalue weighted by Gasteiger charge is 2.12. The summed E-state index contributed by atoms with van der Waals surface area (Å²) in [6.07, 6.45) is 2.01. The molecule has 0 unspecified atom stereocenters. The van der Waals surface area contributed by atoms with Crippen LogP contribution in [-0.4, -0.2) is 23.5 Å². The lowest BCUT2D eigenvalue weighted by Crippen LogP contribution is -2.48. The largest absolute Gasteiger partial charge is 0.494 e. The SMILES string of the molecule is CCCCOc1ccc(C(=O)NC(=S)NNC(=O)c2ccc(Cl)cc2Cl)cc1. The number of ether oxygens (including phenoxy) is 1. The number of hydrogen-bond donors (Lipinski definition) is 3. The van der Waals surface area contributed by atoms with Gasteiger partial charge in [-0.3, -0.25) is 25.8 Å². The van der Waals surface area contributed by atoms with E-state index in [9.17, 15) is 9.59 Å². The maximum atomic E-state index is 12.2. The van der Waals surface area contributed by atoms with E-state index in [2.05, 4.69) is 23.1 Å². The maximum absolute atomic E-state index is 12.2. The third-order valence-corrected chi connectivity index (χ3v) is 4.33. The van der Waals surface area contributed by atoms with Gasteiger partial charge in [0.15, 0.2) is 5.11 Å². The Balaban J connectivity index is 1.83. The monoisotopic (exact) mass is 439 g/mol. The molecule has 0 radical (unpaired) electrons. The van der Waals surface area contributed by atoms with Gasteiger partial charge in [-0.15, -0.1) is 0 Å². The van der Waals surface area contributed by atoms with Gasteiger partial charge in [-0.1, -0.05) is 36.5 Å². The number of carbonyl (C=O) groups excluding carboxylic acids is 2. The first-order valence-electron chi connectivity index (χ1n) is 8.50. The molecule has 28 heavy (non-hydrogen) atoms. The second-order valence-electron chi connectivity index (χ2n) is 5.71. The van der Waals surface area contributed by atoms with E-state index in [0.29, 0.717) is 22.9 Å². The van der Waals surface area contributed by atoms with Crippen molar-refractivity contribution in [2.45, 2.75) is 19.8 Å². The summed E-state index contributed by atoms with van der Waals surface area (Å²) in [6, 6.07) is 11.2. The van der Waals surface area contributed by atoms with Crippen molar-refractivity contribution in [3.63, 3.8) is 0 Å². The van der Waals surface area contributed by atoms with Crippen molar-refractivity contribution in [2.75, 3.05) is 6.61 Å². The summed E-state index contributed by atoms with van der Waals surface area (Å²) in [5.74, 6) is -0.249. The van der Waals surface area contributed by atoms with Gasteiger partial charge in [-0.2, -0.15) is 0 Å². The molecule has 3 N–H and O–H groups in total. The highest BCUT2D eigenvalue weighted by atomic mass is 35.5. The fourth-order valence-corrected chi connectivity index (χ4v) is 2.74. The Kier molecular flexibility index (Phi) is 8.50. The van der Waals surface area contributed by atoms with E-state index >= 15 is 0 Å². The molecule has 0 saturated carbocycles. The smallest absolute Gasteiger partial charge is 0.271 e. The fraction of sp³-hybridized carbons (Fsp3) is 0.211. The lowest BCUT2D eigenvalue weighted by molar-refractivity contribution is 0.0934. The molecular formula is C19H19Cl2N3O3S. The number of unbranched alkanes of at least 4 members (excludes halogenated alkanes) is 1. The highest BCUT2D eigenvalue weighted by molar-refractivity contribution is 7.80. The van der Waals surface area contributed by atoms with Crippen LogP contribution in [0.25, 0.3) is 0 Å². The lowest BCUT2D eigenvalue weighted by atomic mass is 10.2. The van der Waals surface area contributed by atoms with Crippen molar-refractivity contribution >= 4 is 52.3 Å². The van der Waals surface area contributed by atoms with Crippen molar-refractivity contribution in [1.29, 1.82) is 0 Å². The van der Waals surface area contributed by atoms with Gasteiger partial charge in [0.2, 0.25) is 0 Å². The second kappa shape index (κ2) is 10.8. The Morgan fingerprint density at radius 3 is 2.39 bits per heavy atom. The van der Waals surface area contributed by atoms with Gasteiger partial charge in [0.25, 0.3) is 11.8 Å². The van der Waals surface area contributed by atoms with Crippen LogP contribution in [0.15, 0.2) is 42.5 Å². The zero-order valence-electron chi connectivity index (χ0n) is 15.1. The number of benzene rings is 2. The van der Waals surface area contributed by atoms with Gasteiger partial charge in [0.1, 0.15) is 5.75 Å². The minimum atomic E-state index is -0.521. The summed E-state index contributed by atoms with van der Waals surface area (Å²) in [7, 11) is 0. The van der Waals surface area contributed by atoms with Crippen LogP contribution in [0.5, 0.6) is 5.75 Å². The van der Waals surface area contributed by atoms with E-state index in [0.717, 1.165) is 12.8 Å². The summed E-state index contributed by atoms with van der Waals surface area (Å²) in [5.41, 5.74) is 5.43. The molecule has 2 aromatic rings. The molecule has 2 aromatic carbocycles. The first kappa shape index (κ1) is 21.9. The van der Waals surface area contributed by atoms with E-state index < -0.39 is 11.8 Å². The second-order valence-corrected chi connectivity index (χ2v) is 6.96. The van der Waals surface area contributed by atoms with Crippen LogP contribution in [0.4, 0.5) is 0 Å². The van der Waals surface area contributed by atoms with Gasteiger partial charge in [-0.05, 0) is 61.1 Å². The topological polar surface area (TPSA) is 79.5 Å². The third-order valence-electron chi connectivity index (χ3n) is 3.58. The van der Waals surface area contributed by atoms with Crippen LogP contribution in [0.3, 0.4) is 0 Å². The molecule has 0 aliphatic carbocycles. The molecule has 0 saturated heterocycles. The molecule has 6 nitrogen and oxygen atoms in total. The van der Waals surface area contributed by atoms with Crippen molar-refractivity contribution in [2.24, 2.45) is 0 Å². The molecule has 0 spiro atoms. The van der Waals surface area contributed by atoms with E-state index in [1.807, 2.05) is 0 Å². The van der Waals surface area contributed by atoms with Gasteiger partial charge in [0.05, 0.1) is 17.2 Å². The number of hydrazine groups is 1. The zero-order valence-corrected chi connectivity index (χ0v) is 17.4. The van der Waals surface area contributed by atoms with Crippen LogP contribution in [0.1, 0.15) is 40.5 Å². The van der Waals surface area contributed by atoms with Crippen LogP contribution < -0.4 is 20.9 Å². The fourth-order valence-electron chi connectivity index (χ4n) is 2.10. The zero-order chi connectivity index (χ0) is 20.5. The van der Waals surface area contributed by atoms with E-state index in [1.165, 1.54) is 18.2 Å². The molecule has 0 aliphatic rings. The first-order valence-corrected chi connectivity index (χ1v) is 9.66. The molecular weight excluding hydrogens is 421 g/mol. The third kappa shape index (κ3) is 6.67. The van der Waals surface area contributed by atoms with E-state index in [-0.39, 0.29) is 15.7 Å². The molecule has 2 amide bonds. The van der Waals surface area contributed by atoms with Crippen molar-refractivity contribution in [3.8, 4) is 5.75 Å². The van der Waals surface area contributed by atoms with Gasteiger partial charge < -0.3 is 4.74 Å². The average molecular weight is 440 g/mol. The summed E-state index contributed by atoms with van der Waals surface area (Å²) in [4.78, 5) is 24.3. The first-order chi connectivity index (χ1) is 13.4. The van der Waals surface area contributed by atoms with Crippen LogP contribution in [-0.2, 0) is 0 Å². The Morgan fingerprint density at radius 1 is 1.04 bits per heavy atom. The number of nitrogens with one attached hydrogen (secondary N) is 3. The predicted octanol–water partition coefficient (Wildman–Crippen LogP) is 4.12. The number of thiocarbonyl (C=S) groups is 1. The Hall–Kier alpha value is -2.35.